The molecule has 0 heterocycles. The molecule has 2 aromatic rings. The van der Waals surface area contributed by atoms with Crippen LogP contribution >= 0.6 is 0 Å². The van der Waals surface area contributed by atoms with Crippen molar-refractivity contribution in [3.8, 4) is 0 Å². The number of aryl methyl sites for hydroxylation is 1. The molecule has 0 spiro atoms. The summed E-state index contributed by atoms with van der Waals surface area (Å²) in [6, 6.07) is 12.8. The second-order valence-corrected chi connectivity index (χ2v) is 5.54. The van der Waals surface area contributed by atoms with E-state index in [9.17, 15) is 20.0 Å². The standard InChI is InChI=1S/C18H21N3O4/c1-2-13-7-9-14(10-8-13)16(12-22)20-18(23)19-11-15-5-3-4-6-17(15)21(24)25/h3-10,16,22H,2,11-12H2,1H3,(H2,19,20,23). The van der Waals surface area contributed by atoms with Crippen molar-refractivity contribution in [3.05, 3.63) is 75.3 Å². The smallest absolute Gasteiger partial charge is 0.315 e. The minimum Gasteiger partial charge on any atom is -0.394 e. The lowest BCUT2D eigenvalue weighted by Crippen LogP contribution is -2.39. The fourth-order valence-electron chi connectivity index (χ4n) is 2.44. The van der Waals surface area contributed by atoms with E-state index in [1.54, 1.807) is 18.2 Å². The first kappa shape index (κ1) is 18.4. The normalized spacial score (nSPS) is 11.6. The Balaban J connectivity index is 1.97. The molecule has 1 unspecified atom stereocenters. The molecule has 0 radical (unpaired) electrons. The Morgan fingerprint density at radius 2 is 1.88 bits per heavy atom. The molecule has 7 heteroatoms. The molecule has 2 aromatic carbocycles. The number of nitro groups is 1. The topological polar surface area (TPSA) is 104 Å². The van der Waals surface area contributed by atoms with Gasteiger partial charge in [-0.1, -0.05) is 49.4 Å². The number of aliphatic hydroxyl groups excluding tert-OH is 1. The maximum atomic E-state index is 12.1. The van der Waals surface area contributed by atoms with Crippen molar-refractivity contribution in [1.29, 1.82) is 0 Å². The lowest BCUT2D eigenvalue weighted by Gasteiger charge is -2.17. The summed E-state index contributed by atoms with van der Waals surface area (Å²) in [6.45, 7) is 1.83. The molecule has 132 valence electrons. The van der Waals surface area contributed by atoms with Crippen LogP contribution in [-0.2, 0) is 13.0 Å². The molecule has 0 aliphatic carbocycles. The summed E-state index contributed by atoms with van der Waals surface area (Å²) in [6.07, 6.45) is 0.911. The average Bonchev–Trinajstić information content (AvgIpc) is 2.64. The predicted molar refractivity (Wildman–Crippen MR) is 94.1 cm³/mol. The first-order valence-electron chi connectivity index (χ1n) is 8.01. The van der Waals surface area contributed by atoms with Gasteiger partial charge in [-0.3, -0.25) is 10.1 Å². The monoisotopic (exact) mass is 343 g/mol. The maximum absolute atomic E-state index is 12.1. The summed E-state index contributed by atoms with van der Waals surface area (Å²) in [5.74, 6) is 0. The van der Waals surface area contributed by atoms with E-state index in [-0.39, 0.29) is 18.8 Å². The molecule has 0 aromatic heterocycles. The number of hydrogen-bond donors (Lipinski definition) is 3. The van der Waals surface area contributed by atoms with Crippen LogP contribution in [0, 0.1) is 10.1 Å². The number of aliphatic hydroxyl groups is 1. The summed E-state index contributed by atoms with van der Waals surface area (Å²) in [5.41, 5.74) is 2.33. The van der Waals surface area contributed by atoms with Crippen LogP contribution < -0.4 is 10.6 Å². The zero-order valence-electron chi connectivity index (χ0n) is 13.9. The summed E-state index contributed by atoms with van der Waals surface area (Å²) < 4.78 is 0. The molecule has 25 heavy (non-hydrogen) atoms. The fourth-order valence-corrected chi connectivity index (χ4v) is 2.44. The number of nitro benzene ring substituents is 1. The Bertz CT molecular complexity index is 731. The minimum absolute atomic E-state index is 0.0237. The average molecular weight is 343 g/mol. The van der Waals surface area contributed by atoms with Gasteiger partial charge in [0, 0.05) is 11.6 Å². The predicted octanol–water partition coefficient (Wildman–Crippen LogP) is 2.69. The lowest BCUT2D eigenvalue weighted by atomic mass is 10.0. The highest BCUT2D eigenvalue weighted by atomic mass is 16.6. The van der Waals surface area contributed by atoms with Crippen LogP contribution in [0.3, 0.4) is 0 Å². The van der Waals surface area contributed by atoms with Crippen molar-refractivity contribution in [2.75, 3.05) is 6.61 Å². The van der Waals surface area contributed by atoms with Crippen molar-refractivity contribution in [1.82, 2.24) is 10.6 Å². The quantitative estimate of drug-likeness (QED) is 0.531. The van der Waals surface area contributed by atoms with Gasteiger partial charge in [-0.15, -0.1) is 0 Å². The fraction of sp³-hybridized carbons (Fsp3) is 0.278. The molecule has 0 bridgehead atoms. The molecular formula is C18H21N3O4. The SMILES string of the molecule is CCc1ccc(C(CO)NC(=O)NCc2ccccc2[N+](=O)[O-])cc1. The number of amides is 2. The van der Waals surface area contributed by atoms with E-state index in [4.69, 9.17) is 0 Å². The highest BCUT2D eigenvalue weighted by molar-refractivity contribution is 5.74. The highest BCUT2D eigenvalue weighted by Gasteiger charge is 2.16. The number of para-hydroxylation sites is 1. The maximum Gasteiger partial charge on any atom is 0.315 e. The van der Waals surface area contributed by atoms with E-state index in [1.165, 1.54) is 11.6 Å². The van der Waals surface area contributed by atoms with Crippen LogP contribution in [0.5, 0.6) is 0 Å². The van der Waals surface area contributed by atoms with Crippen molar-refractivity contribution >= 4 is 11.7 Å². The first-order chi connectivity index (χ1) is 12.0. The highest BCUT2D eigenvalue weighted by Crippen LogP contribution is 2.17. The zero-order chi connectivity index (χ0) is 18.2. The van der Waals surface area contributed by atoms with Gasteiger partial charge in [-0.2, -0.15) is 0 Å². The van der Waals surface area contributed by atoms with Crippen molar-refractivity contribution in [3.63, 3.8) is 0 Å². The molecule has 0 aliphatic heterocycles. The van der Waals surface area contributed by atoms with Crippen LogP contribution in [-0.4, -0.2) is 22.7 Å². The van der Waals surface area contributed by atoms with Crippen molar-refractivity contribution in [2.24, 2.45) is 0 Å². The number of carbonyl (C=O) groups excluding carboxylic acids is 1. The van der Waals surface area contributed by atoms with Crippen LogP contribution in [0.2, 0.25) is 0 Å². The third kappa shape index (κ3) is 5.02. The lowest BCUT2D eigenvalue weighted by molar-refractivity contribution is -0.385. The Morgan fingerprint density at radius 1 is 1.20 bits per heavy atom. The summed E-state index contributed by atoms with van der Waals surface area (Å²) in [7, 11) is 0. The summed E-state index contributed by atoms with van der Waals surface area (Å²) >= 11 is 0. The third-order valence-electron chi connectivity index (χ3n) is 3.91. The molecule has 1 atom stereocenters. The molecular weight excluding hydrogens is 322 g/mol. The number of hydrogen-bond acceptors (Lipinski definition) is 4. The molecule has 0 aliphatic rings. The number of nitrogens with zero attached hydrogens (tertiary/aromatic N) is 1. The molecule has 0 saturated heterocycles. The van der Waals surface area contributed by atoms with Gasteiger partial charge in [0.2, 0.25) is 0 Å². The second-order valence-electron chi connectivity index (χ2n) is 5.54. The van der Waals surface area contributed by atoms with E-state index in [0.29, 0.717) is 5.56 Å². The Kier molecular flexibility index (Phi) is 6.47. The second kappa shape index (κ2) is 8.79. The van der Waals surface area contributed by atoms with Gasteiger partial charge in [0.05, 0.1) is 24.1 Å². The number of nitrogens with one attached hydrogen (secondary N) is 2. The van der Waals surface area contributed by atoms with Gasteiger partial charge in [0.15, 0.2) is 0 Å². The van der Waals surface area contributed by atoms with Crippen LogP contribution in [0.25, 0.3) is 0 Å². The first-order valence-corrected chi connectivity index (χ1v) is 8.01. The summed E-state index contributed by atoms with van der Waals surface area (Å²) in [5, 5.41) is 25.8. The minimum atomic E-state index is -0.545. The van der Waals surface area contributed by atoms with Gasteiger partial charge in [-0.05, 0) is 17.5 Å². The van der Waals surface area contributed by atoms with E-state index in [0.717, 1.165) is 12.0 Å². The van der Waals surface area contributed by atoms with Crippen LogP contribution in [0.15, 0.2) is 48.5 Å². The van der Waals surface area contributed by atoms with E-state index >= 15 is 0 Å². The molecule has 0 fully saturated rings. The van der Waals surface area contributed by atoms with Crippen molar-refractivity contribution in [2.45, 2.75) is 25.9 Å². The van der Waals surface area contributed by atoms with E-state index in [1.807, 2.05) is 31.2 Å². The zero-order valence-corrected chi connectivity index (χ0v) is 13.9. The van der Waals surface area contributed by atoms with E-state index < -0.39 is 17.0 Å². The number of benzene rings is 2. The Labute approximate surface area is 145 Å². The number of urea groups is 1. The van der Waals surface area contributed by atoms with Gasteiger partial charge in [-0.25, -0.2) is 4.79 Å². The van der Waals surface area contributed by atoms with Gasteiger partial charge in [0.25, 0.3) is 5.69 Å². The van der Waals surface area contributed by atoms with Gasteiger partial charge < -0.3 is 15.7 Å². The molecule has 3 N–H and O–H groups in total. The molecule has 2 amide bonds. The molecule has 7 nitrogen and oxygen atoms in total. The third-order valence-corrected chi connectivity index (χ3v) is 3.91. The summed E-state index contributed by atoms with van der Waals surface area (Å²) in [4.78, 5) is 22.5. The Hall–Kier alpha value is -2.93. The van der Waals surface area contributed by atoms with Crippen molar-refractivity contribution < 1.29 is 14.8 Å². The van der Waals surface area contributed by atoms with E-state index in [2.05, 4.69) is 10.6 Å². The molecule has 2 rings (SSSR count). The largest absolute Gasteiger partial charge is 0.394 e. The Morgan fingerprint density at radius 3 is 2.48 bits per heavy atom. The van der Waals surface area contributed by atoms with Crippen LogP contribution in [0.1, 0.15) is 29.7 Å². The van der Waals surface area contributed by atoms with Gasteiger partial charge >= 0.3 is 6.03 Å². The van der Waals surface area contributed by atoms with Crippen LogP contribution in [0.4, 0.5) is 10.5 Å². The molecule has 0 saturated carbocycles. The number of carbonyl (C=O) groups is 1. The number of rotatable bonds is 7. The van der Waals surface area contributed by atoms with Gasteiger partial charge in [0.1, 0.15) is 0 Å².